The van der Waals surface area contributed by atoms with Crippen molar-refractivity contribution in [3.63, 3.8) is 0 Å². The van der Waals surface area contributed by atoms with Crippen molar-refractivity contribution in [2.45, 2.75) is 58.0 Å². The van der Waals surface area contributed by atoms with Gasteiger partial charge in [0.15, 0.2) is 5.96 Å². The quantitative estimate of drug-likeness (QED) is 0.390. The van der Waals surface area contributed by atoms with E-state index in [0.29, 0.717) is 11.5 Å². The first kappa shape index (κ1) is 17.5. The number of rotatable bonds is 9. The minimum Gasteiger partial charge on any atom is -0.379 e. The summed E-state index contributed by atoms with van der Waals surface area (Å²) in [6.07, 6.45) is 8.99. The molecule has 0 radical (unpaired) electrons. The Kier molecular flexibility index (Phi) is 7.46. The van der Waals surface area contributed by atoms with Gasteiger partial charge in [0.05, 0.1) is 12.7 Å². The zero-order valence-corrected chi connectivity index (χ0v) is 14.3. The number of hydrogen-bond acceptors (Lipinski definition) is 3. The van der Waals surface area contributed by atoms with Gasteiger partial charge in [-0.1, -0.05) is 13.3 Å². The van der Waals surface area contributed by atoms with E-state index in [2.05, 4.69) is 22.5 Å². The Morgan fingerprint density at radius 2 is 2.18 bits per heavy atom. The Labute approximate surface area is 135 Å². The smallest absolute Gasteiger partial charge is 0.190 e. The zero-order chi connectivity index (χ0) is 15.7. The lowest BCUT2D eigenvalue weighted by Crippen LogP contribution is -2.46. The van der Waals surface area contributed by atoms with E-state index in [1.807, 2.05) is 7.05 Å². The van der Waals surface area contributed by atoms with Gasteiger partial charge in [-0.05, 0) is 43.9 Å². The van der Waals surface area contributed by atoms with Crippen LogP contribution in [0.1, 0.15) is 51.9 Å². The summed E-state index contributed by atoms with van der Waals surface area (Å²) in [5, 5.41) is 6.85. The van der Waals surface area contributed by atoms with Crippen molar-refractivity contribution < 1.29 is 9.47 Å². The van der Waals surface area contributed by atoms with Crippen molar-refractivity contribution in [2.75, 3.05) is 40.0 Å². The molecular formula is C17H33N3O2. The van der Waals surface area contributed by atoms with Gasteiger partial charge >= 0.3 is 0 Å². The van der Waals surface area contributed by atoms with Crippen LogP contribution < -0.4 is 10.6 Å². The molecule has 0 aromatic carbocycles. The fourth-order valence-electron chi connectivity index (χ4n) is 3.20. The Morgan fingerprint density at radius 3 is 2.77 bits per heavy atom. The molecule has 0 amide bonds. The molecular weight excluding hydrogens is 278 g/mol. The van der Waals surface area contributed by atoms with Crippen LogP contribution in [0.5, 0.6) is 0 Å². The van der Waals surface area contributed by atoms with Gasteiger partial charge in [-0.15, -0.1) is 0 Å². The summed E-state index contributed by atoms with van der Waals surface area (Å²) in [6, 6.07) is 0. The third-order valence-corrected chi connectivity index (χ3v) is 5.10. The molecule has 2 fully saturated rings. The highest BCUT2D eigenvalue weighted by Crippen LogP contribution is 2.42. The first-order chi connectivity index (χ1) is 10.8. The number of nitrogens with zero attached hydrogens (tertiary/aromatic N) is 1. The number of aliphatic imine (C=N–C) groups is 1. The maximum absolute atomic E-state index is 5.67. The zero-order valence-electron chi connectivity index (χ0n) is 14.3. The molecule has 0 spiro atoms. The molecule has 0 bridgehead atoms. The number of nitrogens with one attached hydrogen (secondary N) is 2. The molecule has 1 heterocycles. The molecule has 1 aliphatic heterocycles. The van der Waals surface area contributed by atoms with Crippen LogP contribution in [0.25, 0.3) is 0 Å². The molecule has 1 unspecified atom stereocenters. The van der Waals surface area contributed by atoms with E-state index < -0.39 is 0 Å². The van der Waals surface area contributed by atoms with E-state index in [1.165, 1.54) is 32.1 Å². The van der Waals surface area contributed by atoms with Gasteiger partial charge in [-0.2, -0.15) is 0 Å². The van der Waals surface area contributed by atoms with Gasteiger partial charge in [0.25, 0.3) is 0 Å². The Bertz CT molecular complexity index is 331. The minimum atomic E-state index is 0.329. The standard InChI is InChI=1S/C17H33N3O2/c1-3-17(8-5-9-17)14-20-16(18-2)19-10-6-11-21-13-15-7-4-12-22-15/h15H,3-14H2,1-2H3,(H2,18,19,20). The molecule has 128 valence electrons. The monoisotopic (exact) mass is 311 g/mol. The van der Waals surface area contributed by atoms with Crippen LogP contribution in [0.15, 0.2) is 4.99 Å². The van der Waals surface area contributed by atoms with Crippen LogP contribution in [0.2, 0.25) is 0 Å². The Balaban J connectivity index is 1.49. The van der Waals surface area contributed by atoms with E-state index in [4.69, 9.17) is 9.47 Å². The number of hydrogen-bond donors (Lipinski definition) is 2. The van der Waals surface area contributed by atoms with Crippen LogP contribution in [-0.2, 0) is 9.47 Å². The summed E-state index contributed by atoms with van der Waals surface area (Å²) < 4.78 is 11.2. The van der Waals surface area contributed by atoms with Crippen molar-refractivity contribution in [3.8, 4) is 0 Å². The van der Waals surface area contributed by atoms with Crippen molar-refractivity contribution in [2.24, 2.45) is 10.4 Å². The van der Waals surface area contributed by atoms with Gasteiger partial charge in [-0.25, -0.2) is 0 Å². The van der Waals surface area contributed by atoms with Crippen LogP contribution in [0.4, 0.5) is 0 Å². The predicted molar refractivity (Wildman–Crippen MR) is 90.3 cm³/mol. The maximum Gasteiger partial charge on any atom is 0.190 e. The molecule has 0 aromatic heterocycles. The summed E-state index contributed by atoms with van der Waals surface area (Å²) in [4.78, 5) is 4.30. The molecule has 5 heteroatoms. The molecule has 22 heavy (non-hydrogen) atoms. The lowest BCUT2D eigenvalue weighted by atomic mass is 9.67. The first-order valence-electron chi connectivity index (χ1n) is 8.92. The SMILES string of the molecule is CCC1(CNC(=NC)NCCCOCC2CCCO2)CCC1. The summed E-state index contributed by atoms with van der Waals surface area (Å²) in [5.74, 6) is 0.916. The summed E-state index contributed by atoms with van der Waals surface area (Å²) in [5.41, 5.74) is 0.516. The van der Waals surface area contributed by atoms with Gasteiger partial charge in [0.1, 0.15) is 0 Å². The fraction of sp³-hybridized carbons (Fsp3) is 0.941. The fourth-order valence-corrected chi connectivity index (χ4v) is 3.20. The third kappa shape index (κ3) is 5.43. The molecule has 2 aliphatic rings. The molecule has 2 rings (SSSR count). The van der Waals surface area contributed by atoms with Gasteiger partial charge < -0.3 is 20.1 Å². The average Bonchev–Trinajstić information content (AvgIpc) is 3.01. The lowest BCUT2D eigenvalue weighted by Gasteiger charge is -2.41. The topological polar surface area (TPSA) is 54.9 Å². The molecule has 2 N–H and O–H groups in total. The second-order valence-electron chi connectivity index (χ2n) is 6.62. The summed E-state index contributed by atoms with van der Waals surface area (Å²) >= 11 is 0. The summed E-state index contributed by atoms with van der Waals surface area (Å²) in [7, 11) is 1.84. The minimum absolute atomic E-state index is 0.329. The highest BCUT2D eigenvalue weighted by molar-refractivity contribution is 5.79. The normalized spacial score (nSPS) is 24.1. The number of guanidine groups is 1. The number of ether oxygens (including phenoxy) is 2. The van der Waals surface area contributed by atoms with E-state index >= 15 is 0 Å². The van der Waals surface area contributed by atoms with E-state index in [1.54, 1.807) is 0 Å². The van der Waals surface area contributed by atoms with Crippen molar-refractivity contribution in [1.82, 2.24) is 10.6 Å². The molecule has 0 aromatic rings. The largest absolute Gasteiger partial charge is 0.379 e. The summed E-state index contributed by atoms with van der Waals surface area (Å²) in [6.45, 7) is 6.65. The highest BCUT2D eigenvalue weighted by atomic mass is 16.5. The van der Waals surface area contributed by atoms with E-state index in [9.17, 15) is 0 Å². The second-order valence-corrected chi connectivity index (χ2v) is 6.62. The first-order valence-corrected chi connectivity index (χ1v) is 8.92. The molecule has 5 nitrogen and oxygen atoms in total. The second kappa shape index (κ2) is 9.36. The van der Waals surface area contributed by atoms with Crippen LogP contribution in [-0.4, -0.2) is 52.0 Å². The highest BCUT2D eigenvalue weighted by Gasteiger charge is 2.34. The Hall–Kier alpha value is -0.810. The molecule has 1 atom stereocenters. The van der Waals surface area contributed by atoms with Gasteiger partial charge in [0, 0.05) is 33.4 Å². The third-order valence-electron chi connectivity index (χ3n) is 5.10. The van der Waals surface area contributed by atoms with Crippen LogP contribution in [0, 0.1) is 5.41 Å². The van der Waals surface area contributed by atoms with Crippen molar-refractivity contribution in [1.29, 1.82) is 0 Å². The predicted octanol–water partition coefficient (Wildman–Crippen LogP) is 2.32. The van der Waals surface area contributed by atoms with Gasteiger partial charge in [-0.3, -0.25) is 4.99 Å². The lowest BCUT2D eigenvalue weighted by molar-refractivity contribution is 0.0168. The molecule has 1 saturated heterocycles. The maximum atomic E-state index is 5.67. The molecule has 1 saturated carbocycles. The van der Waals surface area contributed by atoms with Gasteiger partial charge in [0.2, 0.25) is 0 Å². The van der Waals surface area contributed by atoms with Crippen molar-refractivity contribution in [3.05, 3.63) is 0 Å². The Morgan fingerprint density at radius 1 is 1.32 bits per heavy atom. The van der Waals surface area contributed by atoms with E-state index in [0.717, 1.165) is 51.7 Å². The van der Waals surface area contributed by atoms with Crippen LogP contribution >= 0.6 is 0 Å². The van der Waals surface area contributed by atoms with Crippen LogP contribution in [0.3, 0.4) is 0 Å². The molecule has 1 aliphatic carbocycles. The average molecular weight is 311 g/mol. The van der Waals surface area contributed by atoms with Crippen molar-refractivity contribution >= 4 is 5.96 Å². The van der Waals surface area contributed by atoms with E-state index in [-0.39, 0.29) is 0 Å².